The zero-order chi connectivity index (χ0) is 16.2. The lowest BCUT2D eigenvalue weighted by atomic mass is 10.2. The predicted molar refractivity (Wildman–Crippen MR) is 82.8 cm³/mol. The van der Waals surface area contributed by atoms with Crippen LogP contribution in [0.25, 0.3) is 0 Å². The maximum atomic E-state index is 12.1. The van der Waals surface area contributed by atoms with Gasteiger partial charge in [0.05, 0.1) is 23.9 Å². The lowest BCUT2D eigenvalue weighted by Crippen LogP contribution is -2.42. The molecular formula is C12H16ClN3O5S. The fraction of sp³-hybridized carbons (Fsp3) is 0.500. The molecule has 1 aromatic rings. The summed E-state index contributed by atoms with van der Waals surface area (Å²) in [5.41, 5.74) is 0.0582. The molecule has 0 radical (unpaired) electrons. The molecule has 0 bridgehead atoms. The van der Waals surface area contributed by atoms with Gasteiger partial charge in [-0.1, -0.05) is 11.6 Å². The molecule has 122 valence electrons. The van der Waals surface area contributed by atoms with Crippen LogP contribution in [0.5, 0.6) is 0 Å². The standard InChI is InChI=1S/C12H16ClN3O5S/c13-10-1-2-11(12(9-10)16(17)18)14-3-8-22(19,20)15-4-6-21-7-5-15/h1-2,9,14H,3-8H2. The second-order valence-electron chi connectivity index (χ2n) is 4.67. The summed E-state index contributed by atoms with van der Waals surface area (Å²) in [6.45, 7) is 1.51. The van der Waals surface area contributed by atoms with Gasteiger partial charge in [-0.25, -0.2) is 8.42 Å². The van der Waals surface area contributed by atoms with Crippen molar-refractivity contribution in [2.24, 2.45) is 0 Å². The highest BCUT2D eigenvalue weighted by molar-refractivity contribution is 7.89. The van der Waals surface area contributed by atoms with E-state index in [1.54, 1.807) is 0 Å². The van der Waals surface area contributed by atoms with Crippen LogP contribution in [0.3, 0.4) is 0 Å². The fourth-order valence-electron chi connectivity index (χ4n) is 2.07. The van der Waals surface area contributed by atoms with Gasteiger partial charge < -0.3 is 10.1 Å². The van der Waals surface area contributed by atoms with Gasteiger partial charge in [0.15, 0.2) is 0 Å². The Balaban J connectivity index is 1.97. The minimum atomic E-state index is -3.40. The molecule has 1 N–H and O–H groups in total. The van der Waals surface area contributed by atoms with E-state index in [0.29, 0.717) is 26.3 Å². The van der Waals surface area contributed by atoms with Gasteiger partial charge >= 0.3 is 0 Å². The molecule has 10 heteroatoms. The van der Waals surface area contributed by atoms with Crippen LogP contribution >= 0.6 is 11.6 Å². The van der Waals surface area contributed by atoms with E-state index >= 15 is 0 Å². The second kappa shape index (κ2) is 7.23. The Labute approximate surface area is 133 Å². The molecule has 0 spiro atoms. The lowest BCUT2D eigenvalue weighted by molar-refractivity contribution is -0.383. The fourth-order valence-corrected chi connectivity index (χ4v) is 3.56. The topological polar surface area (TPSA) is 102 Å². The average Bonchev–Trinajstić information content (AvgIpc) is 2.49. The van der Waals surface area contributed by atoms with Gasteiger partial charge in [0.2, 0.25) is 10.0 Å². The van der Waals surface area contributed by atoms with Crippen molar-refractivity contribution in [3.63, 3.8) is 0 Å². The molecule has 0 unspecified atom stereocenters. The monoisotopic (exact) mass is 349 g/mol. The molecular weight excluding hydrogens is 334 g/mol. The smallest absolute Gasteiger partial charge is 0.293 e. The number of nitrogens with zero attached hydrogens (tertiary/aromatic N) is 2. The van der Waals surface area contributed by atoms with Crippen LogP contribution in [0.15, 0.2) is 18.2 Å². The van der Waals surface area contributed by atoms with Crippen LogP contribution in [0, 0.1) is 10.1 Å². The van der Waals surface area contributed by atoms with E-state index in [2.05, 4.69) is 5.32 Å². The summed E-state index contributed by atoms with van der Waals surface area (Å²) in [7, 11) is -3.40. The summed E-state index contributed by atoms with van der Waals surface area (Å²) in [4.78, 5) is 10.4. The number of hydrogen-bond acceptors (Lipinski definition) is 6. The maximum Gasteiger partial charge on any atom is 0.293 e. The molecule has 1 aliphatic rings. The molecule has 22 heavy (non-hydrogen) atoms. The van der Waals surface area contributed by atoms with Gasteiger partial charge in [-0.05, 0) is 12.1 Å². The Hall–Kier alpha value is -1.42. The van der Waals surface area contributed by atoms with E-state index in [1.807, 2.05) is 0 Å². The highest BCUT2D eigenvalue weighted by Gasteiger charge is 2.24. The van der Waals surface area contributed by atoms with E-state index in [-0.39, 0.29) is 28.7 Å². The van der Waals surface area contributed by atoms with Crippen LogP contribution in [0.2, 0.25) is 5.02 Å². The SMILES string of the molecule is O=[N+]([O-])c1cc(Cl)ccc1NCCS(=O)(=O)N1CCOCC1. The normalized spacial score (nSPS) is 16.4. The highest BCUT2D eigenvalue weighted by atomic mass is 35.5. The Morgan fingerprint density at radius 3 is 2.68 bits per heavy atom. The van der Waals surface area contributed by atoms with Crippen molar-refractivity contribution in [1.82, 2.24) is 4.31 Å². The average molecular weight is 350 g/mol. The number of nitro groups is 1. The van der Waals surface area contributed by atoms with E-state index in [4.69, 9.17) is 16.3 Å². The Morgan fingerprint density at radius 2 is 2.05 bits per heavy atom. The number of halogens is 1. The van der Waals surface area contributed by atoms with E-state index in [9.17, 15) is 18.5 Å². The lowest BCUT2D eigenvalue weighted by Gasteiger charge is -2.26. The van der Waals surface area contributed by atoms with Crippen molar-refractivity contribution >= 4 is 33.0 Å². The largest absolute Gasteiger partial charge is 0.379 e. The summed E-state index contributed by atoms with van der Waals surface area (Å²) in [6.07, 6.45) is 0. The first-order chi connectivity index (χ1) is 10.4. The molecule has 1 fully saturated rings. The minimum Gasteiger partial charge on any atom is -0.379 e. The van der Waals surface area contributed by atoms with Crippen molar-refractivity contribution in [3.05, 3.63) is 33.3 Å². The number of rotatable bonds is 6. The molecule has 8 nitrogen and oxygen atoms in total. The highest BCUT2D eigenvalue weighted by Crippen LogP contribution is 2.27. The van der Waals surface area contributed by atoms with Crippen molar-refractivity contribution in [2.45, 2.75) is 0 Å². The van der Waals surface area contributed by atoms with E-state index in [0.717, 1.165) is 0 Å². The maximum absolute atomic E-state index is 12.1. The number of nitro benzene ring substituents is 1. The third kappa shape index (κ3) is 4.29. The van der Waals surface area contributed by atoms with Crippen LogP contribution in [-0.4, -0.2) is 56.2 Å². The molecule has 0 saturated carbocycles. The third-order valence-corrected chi connectivity index (χ3v) is 5.30. The number of nitrogens with one attached hydrogen (secondary N) is 1. The summed E-state index contributed by atoms with van der Waals surface area (Å²) in [5.74, 6) is -0.146. The summed E-state index contributed by atoms with van der Waals surface area (Å²) < 4.78 is 30.7. The third-order valence-electron chi connectivity index (χ3n) is 3.20. The van der Waals surface area contributed by atoms with Crippen molar-refractivity contribution < 1.29 is 18.1 Å². The van der Waals surface area contributed by atoms with Crippen LogP contribution in [0.4, 0.5) is 11.4 Å². The van der Waals surface area contributed by atoms with Crippen molar-refractivity contribution in [2.75, 3.05) is 43.9 Å². The Bertz CT molecular complexity index is 646. The molecule has 1 saturated heterocycles. The van der Waals surface area contributed by atoms with Gasteiger partial charge in [-0.3, -0.25) is 10.1 Å². The van der Waals surface area contributed by atoms with Gasteiger partial charge in [-0.2, -0.15) is 4.31 Å². The van der Waals surface area contributed by atoms with Gasteiger partial charge in [0.1, 0.15) is 5.69 Å². The van der Waals surface area contributed by atoms with Crippen molar-refractivity contribution in [1.29, 1.82) is 0 Å². The number of morpholine rings is 1. The zero-order valence-corrected chi connectivity index (χ0v) is 13.3. The molecule has 2 rings (SSSR count). The molecule has 0 amide bonds. The number of ether oxygens (including phenoxy) is 1. The molecule has 0 atom stereocenters. The minimum absolute atomic E-state index is 0.0716. The van der Waals surface area contributed by atoms with E-state index < -0.39 is 14.9 Å². The number of sulfonamides is 1. The molecule has 0 aromatic heterocycles. The van der Waals surface area contributed by atoms with Crippen LogP contribution in [-0.2, 0) is 14.8 Å². The second-order valence-corrected chi connectivity index (χ2v) is 7.20. The molecule has 1 heterocycles. The first-order valence-corrected chi connectivity index (χ1v) is 8.62. The molecule has 1 aliphatic heterocycles. The quantitative estimate of drug-likeness (QED) is 0.614. The van der Waals surface area contributed by atoms with Gasteiger partial charge in [-0.15, -0.1) is 0 Å². The summed E-state index contributed by atoms with van der Waals surface area (Å²) >= 11 is 5.72. The molecule has 0 aliphatic carbocycles. The summed E-state index contributed by atoms with van der Waals surface area (Å²) in [5, 5.41) is 14.0. The molecule has 1 aromatic carbocycles. The first-order valence-electron chi connectivity index (χ1n) is 6.63. The van der Waals surface area contributed by atoms with Gasteiger partial charge in [0.25, 0.3) is 5.69 Å². The van der Waals surface area contributed by atoms with Crippen LogP contribution < -0.4 is 5.32 Å². The number of anilines is 1. The number of hydrogen-bond donors (Lipinski definition) is 1. The van der Waals surface area contributed by atoms with Crippen molar-refractivity contribution in [3.8, 4) is 0 Å². The predicted octanol–water partition coefficient (Wildman–Crippen LogP) is 1.32. The Kier molecular flexibility index (Phi) is 5.57. The Morgan fingerprint density at radius 1 is 1.36 bits per heavy atom. The summed E-state index contributed by atoms with van der Waals surface area (Å²) in [6, 6.07) is 4.19. The van der Waals surface area contributed by atoms with E-state index in [1.165, 1.54) is 22.5 Å². The number of benzene rings is 1. The zero-order valence-electron chi connectivity index (χ0n) is 11.7. The van der Waals surface area contributed by atoms with Crippen LogP contribution in [0.1, 0.15) is 0 Å². The van der Waals surface area contributed by atoms with Gasteiger partial charge in [0, 0.05) is 30.7 Å². The first kappa shape index (κ1) is 16.9.